The number of nitro groups is 1. The number of anilines is 1. The fraction of sp³-hybridized carbons (Fsp3) is 0.545. The molecular weight excluding hydrogens is 526 g/mol. The zero-order chi connectivity index (χ0) is 27.1. The van der Waals surface area contributed by atoms with Crippen molar-refractivity contribution in [2.75, 3.05) is 37.9 Å². The smallest absolute Gasteiger partial charge is 0.279 e. The quantitative estimate of drug-likeness (QED) is 0.146. The molecule has 0 spiro atoms. The zero-order valence-electron chi connectivity index (χ0n) is 21.2. The van der Waals surface area contributed by atoms with Crippen LogP contribution in [0.15, 0.2) is 29.2 Å². The van der Waals surface area contributed by atoms with Crippen LogP contribution in [-0.2, 0) is 28.8 Å². The van der Waals surface area contributed by atoms with E-state index < -0.39 is 33.4 Å². The SMILES string of the molecule is CC(C)(C)[Si](C)(C)OCCNS(=O)(=O)c1ccc2c3c(cc([N+](=O)[O-])c2c1)NCC3COS(C)(=O)=O. The summed E-state index contributed by atoms with van der Waals surface area (Å²) in [6.07, 6.45) is 0.950. The van der Waals surface area contributed by atoms with Crippen LogP contribution in [0.4, 0.5) is 11.4 Å². The topological polar surface area (TPSA) is 154 Å². The highest BCUT2D eigenvalue weighted by molar-refractivity contribution is 7.89. The first-order chi connectivity index (χ1) is 16.4. The number of rotatable bonds is 10. The van der Waals surface area contributed by atoms with Gasteiger partial charge in [-0.25, -0.2) is 13.1 Å². The Hall–Kier alpha value is -2.10. The van der Waals surface area contributed by atoms with E-state index in [1.807, 2.05) is 0 Å². The lowest BCUT2D eigenvalue weighted by Gasteiger charge is -2.36. The van der Waals surface area contributed by atoms with Gasteiger partial charge in [0.05, 0.1) is 28.1 Å². The first-order valence-corrected chi connectivity index (χ1v) is 17.6. The zero-order valence-corrected chi connectivity index (χ0v) is 23.9. The summed E-state index contributed by atoms with van der Waals surface area (Å²) in [4.78, 5) is 11.1. The third-order valence-electron chi connectivity index (χ3n) is 6.73. The fourth-order valence-corrected chi connectivity index (χ4v) is 6.27. The molecular formula is C22H33N3O8S2Si. The van der Waals surface area contributed by atoms with Gasteiger partial charge in [-0.2, -0.15) is 8.42 Å². The minimum Gasteiger partial charge on any atom is -0.415 e. The van der Waals surface area contributed by atoms with E-state index in [-0.39, 0.29) is 46.7 Å². The van der Waals surface area contributed by atoms with Gasteiger partial charge in [0.1, 0.15) is 0 Å². The molecule has 1 aliphatic rings. The molecule has 0 aromatic heterocycles. The third kappa shape index (κ3) is 6.23. The number of benzene rings is 2. The van der Waals surface area contributed by atoms with E-state index in [2.05, 4.69) is 43.9 Å². The molecule has 11 nitrogen and oxygen atoms in total. The summed E-state index contributed by atoms with van der Waals surface area (Å²) in [6, 6.07) is 5.52. The maximum absolute atomic E-state index is 13.0. The summed E-state index contributed by atoms with van der Waals surface area (Å²) >= 11 is 0. The van der Waals surface area contributed by atoms with Gasteiger partial charge < -0.3 is 9.74 Å². The number of nitro benzene ring substituents is 1. The van der Waals surface area contributed by atoms with Crippen LogP contribution in [-0.4, -0.2) is 62.6 Å². The average Bonchev–Trinajstić information content (AvgIpc) is 3.16. The van der Waals surface area contributed by atoms with Crippen molar-refractivity contribution in [3.05, 3.63) is 39.9 Å². The van der Waals surface area contributed by atoms with Gasteiger partial charge in [-0.1, -0.05) is 26.8 Å². The van der Waals surface area contributed by atoms with Gasteiger partial charge in [0.15, 0.2) is 8.32 Å². The summed E-state index contributed by atoms with van der Waals surface area (Å²) in [5.41, 5.74) is 0.894. The highest BCUT2D eigenvalue weighted by atomic mass is 32.2. The molecule has 0 radical (unpaired) electrons. The minimum atomic E-state index is -3.96. The van der Waals surface area contributed by atoms with Crippen LogP contribution in [0.3, 0.4) is 0 Å². The van der Waals surface area contributed by atoms with Crippen LogP contribution in [0.2, 0.25) is 18.1 Å². The number of hydrogen-bond acceptors (Lipinski definition) is 9. The Balaban J connectivity index is 1.90. The molecule has 0 bridgehead atoms. The molecule has 1 heterocycles. The normalized spacial score (nSPS) is 16.7. The molecule has 0 saturated carbocycles. The van der Waals surface area contributed by atoms with Crippen molar-refractivity contribution in [2.45, 2.75) is 49.7 Å². The highest BCUT2D eigenvalue weighted by Crippen LogP contribution is 2.43. The van der Waals surface area contributed by atoms with Crippen molar-refractivity contribution in [3.63, 3.8) is 0 Å². The molecule has 1 unspecified atom stereocenters. The van der Waals surface area contributed by atoms with Gasteiger partial charge in [0.25, 0.3) is 15.8 Å². The number of nitrogens with zero attached hydrogens (tertiary/aromatic N) is 1. The third-order valence-corrected chi connectivity index (χ3v) is 13.3. The Morgan fingerprint density at radius 2 is 1.83 bits per heavy atom. The van der Waals surface area contributed by atoms with Crippen molar-refractivity contribution < 1.29 is 30.4 Å². The van der Waals surface area contributed by atoms with Gasteiger partial charge in [-0.3, -0.25) is 14.3 Å². The molecule has 3 rings (SSSR count). The molecule has 2 N–H and O–H groups in total. The summed E-state index contributed by atoms with van der Waals surface area (Å²) < 4.78 is 62.3. The predicted molar refractivity (Wildman–Crippen MR) is 141 cm³/mol. The molecule has 0 amide bonds. The second-order valence-corrected chi connectivity index (χ2v) is 18.6. The molecule has 36 heavy (non-hydrogen) atoms. The minimum absolute atomic E-state index is 0.0114. The lowest BCUT2D eigenvalue weighted by Crippen LogP contribution is -2.42. The second-order valence-electron chi connectivity index (χ2n) is 10.4. The van der Waals surface area contributed by atoms with Crippen LogP contribution in [0, 0.1) is 10.1 Å². The van der Waals surface area contributed by atoms with Crippen molar-refractivity contribution in [3.8, 4) is 0 Å². The Bertz CT molecular complexity index is 1390. The summed E-state index contributed by atoms with van der Waals surface area (Å²) in [5.74, 6) is -0.383. The monoisotopic (exact) mass is 559 g/mol. The predicted octanol–water partition coefficient (Wildman–Crippen LogP) is 3.53. The van der Waals surface area contributed by atoms with Crippen molar-refractivity contribution in [1.82, 2.24) is 4.72 Å². The average molecular weight is 560 g/mol. The van der Waals surface area contributed by atoms with Gasteiger partial charge in [-0.15, -0.1) is 0 Å². The molecule has 0 saturated heterocycles. The number of sulfonamides is 1. The van der Waals surface area contributed by atoms with Crippen LogP contribution in [0.1, 0.15) is 32.3 Å². The van der Waals surface area contributed by atoms with E-state index in [9.17, 15) is 26.9 Å². The van der Waals surface area contributed by atoms with Crippen molar-refractivity contribution in [2.24, 2.45) is 0 Å². The molecule has 1 atom stereocenters. The van der Waals surface area contributed by atoms with Crippen LogP contribution < -0.4 is 10.0 Å². The molecule has 200 valence electrons. The lowest BCUT2D eigenvalue weighted by molar-refractivity contribution is -0.383. The van der Waals surface area contributed by atoms with E-state index in [1.165, 1.54) is 24.3 Å². The van der Waals surface area contributed by atoms with Gasteiger partial charge in [-0.05, 0) is 41.2 Å². The number of hydrogen-bond donors (Lipinski definition) is 2. The molecule has 0 aliphatic carbocycles. The van der Waals surface area contributed by atoms with E-state index in [4.69, 9.17) is 8.61 Å². The van der Waals surface area contributed by atoms with Gasteiger partial charge >= 0.3 is 0 Å². The van der Waals surface area contributed by atoms with Crippen LogP contribution >= 0.6 is 0 Å². The Labute approximate surface area is 213 Å². The molecule has 2 aromatic carbocycles. The highest BCUT2D eigenvalue weighted by Gasteiger charge is 2.37. The first kappa shape index (κ1) is 28.5. The molecule has 2 aromatic rings. The number of fused-ring (bicyclic) bond motifs is 3. The second kappa shape index (κ2) is 9.98. The van der Waals surface area contributed by atoms with E-state index >= 15 is 0 Å². The Morgan fingerprint density at radius 1 is 1.17 bits per heavy atom. The van der Waals surface area contributed by atoms with Crippen molar-refractivity contribution in [1.29, 1.82) is 0 Å². The van der Waals surface area contributed by atoms with Gasteiger partial charge in [0, 0.05) is 37.4 Å². The maximum Gasteiger partial charge on any atom is 0.279 e. The van der Waals surface area contributed by atoms with Gasteiger partial charge in [0.2, 0.25) is 10.0 Å². The largest absolute Gasteiger partial charge is 0.415 e. The summed E-state index contributed by atoms with van der Waals surface area (Å²) in [7, 11) is -9.67. The van der Waals surface area contributed by atoms with E-state index in [0.29, 0.717) is 23.2 Å². The molecule has 14 heteroatoms. The Kier molecular flexibility index (Phi) is 7.90. The first-order valence-electron chi connectivity index (χ1n) is 11.4. The van der Waals surface area contributed by atoms with E-state index in [0.717, 1.165) is 6.26 Å². The molecule has 0 fully saturated rings. The number of non-ortho nitro benzene ring substituents is 1. The Morgan fingerprint density at radius 3 is 2.42 bits per heavy atom. The molecule has 1 aliphatic heterocycles. The standard InChI is InChI=1S/C22H33N3O8S2Si/c1-22(2,3)36(5,6)33-10-9-24-35(30,31)16-7-8-17-18(11-16)20(25(26)27)12-19-21(17)15(13-23-19)14-32-34(4,28)29/h7-8,11-12,15,23-24H,9-10,13-14H2,1-6H3. The van der Waals surface area contributed by atoms with Crippen molar-refractivity contribution >= 4 is 50.6 Å². The fourth-order valence-electron chi connectivity index (χ4n) is 3.78. The van der Waals surface area contributed by atoms with Crippen LogP contribution in [0.25, 0.3) is 10.8 Å². The summed E-state index contributed by atoms with van der Waals surface area (Å²) in [6.45, 7) is 10.9. The van der Waals surface area contributed by atoms with Crippen LogP contribution in [0.5, 0.6) is 0 Å². The number of nitrogens with one attached hydrogen (secondary N) is 2. The summed E-state index contributed by atoms with van der Waals surface area (Å²) in [5, 5.41) is 15.5. The maximum atomic E-state index is 13.0. The lowest BCUT2D eigenvalue weighted by atomic mass is 9.94. The van der Waals surface area contributed by atoms with E-state index in [1.54, 1.807) is 0 Å².